The monoisotopic (exact) mass is 297 g/mol. The smallest absolute Gasteiger partial charge is 0.161 e. The Morgan fingerprint density at radius 2 is 1.75 bits per heavy atom. The van der Waals surface area contributed by atoms with Crippen molar-refractivity contribution in [3.05, 3.63) is 36.4 Å². The van der Waals surface area contributed by atoms with Crippen LogP contribution in [-0.4, -0.2) is 38.3 Å². The number of likely N-dealkylation sites (tertiary alicyclic amines) is 1. The molecule has 0 atom stereocenters. The predicted octanol–water partition coefficient (Wildman–Crippen LogP) is 3.54. The Labute approximate surface area is 128 Å². The average Bonchev–Trinajstić information content (AvgIpc) is 2.48. The summed E-state index contributed by atoms with van der Waals surface area (Å²) in [5.74, 6) is 1.58. The van der Waals surface area contributed by atoms with Crippen LogP contribution in [0.4, 0.5) is 0 Å². The Morgan fingerprint density at radius 1 is 1.05 bits per heavy atom. The second-order valence-corrected chi connectivity index (χ2v) is 4.79. The van der Waals surface area contributed by atoms with Crippen molar-refractivity contribution < 1.29 is 9.47 Å². The minimum atomic E-state index is 0. The van der Waals surface area contributed by atoms with Gasteiger partial charge in [0.1, 0.15) is 6.61 Å². The summed E-state index contributed by atoms with van der Waals surface area (Å²) in [4.78, 5) is 2.49. The van der Waals surface area contributed by atoms with Gasteiger partial charge in [-0.2, -0.15) is 0 Å². The van der Waals surface area contributed by atoms with E-state index in [9.17, 15) is 0 Å². The van der Waals surface area contributed by atoms with Crippen LogP contribution in [0, 0.1) is 0 Å². The molecular formula is C16H24ClNO2. The van der Waals surface area contributed by atoms with E-state index in [4.69, 9.17) is 9.47 Å². The lowest BCUT2D eigenvalue weighted by Crippen LogP contribution is -2.29. The number of methoxy groups -OCH3 is 1. The third-order valence-corrected chi connectivity index (χ3v) is 3.38. The Balaban J connectivity index is 0.00000200. The first-order chi connectivity index (χ1) is 9.40. The number of para-hydroxylation sites is 2. The Morgan fingerprint density at radius 3 is 2.45 bits per heavy atom. The Hall–Kier alpha value is -1.19. The normalized spacial score (nSPS) is 15.8. The van der Waals surface area contributed by atoms with Gasteiger partial charge < -0.3 is 9.47 Å². The van der Waals surface area contributed by atoms with Crippen LogP contribution in [0.1, 0.15) is 19.3 Å². The fourth-order valence-corrected chi connectivity index (χ4v) is 2.31. The van der Waals surface area contributed by atoms with Crippen LogP contribution in [0.3, 0.4) is 0 Å². The van der Waals surface area contributed by atoms with Gasteiger partial charge in [-0.05, 0) is 38.1 Å². The topological polar surface area (TPSA) is 21.7 Å². The lowest BCUT2D eigenvalue weighted by molar-refractivity contribution is 0.251. The third-order valence-electron chi connectivity index (χ3n) is 3.38. The number of ether oxygens (including phenoxy) is 2. The van der Waals surface area contributed by atoms with Crippen molar-refractivity contribution in [2.24, 2.45) is 0 Å². The molecule has 0 unspecified atom stereocenters. The zero-order valence-electron chi connectivity index (χ0n) is 12.1. The van der Waals surface area contributed by atoms with Gasteiger partial charge in [-0.3, -0.25) is 4.90 Å². The Bertz CT molecular complexity index is 403. The van der Waals surface area contributed by atoms with E-state index >= 15 is 0 Å². The molecule has 1 fully saturated rings. The number of hydrogen-bond donors (Lipinski definition) is 0. The summed E-state index contributed by atoms with van der Waals surface area (Å²) in [5.41, 5.74) is 0. The zero-order valence-corrected chi connectivity index (χ0v) is 12.9. The summed E-state index contributed by atoms with van der Waals surface area (Å²) in [6, 6.07) is 7.73. The van der Waals surface area contributed by atoms with Gasteiger partial charge >= 0.3 is 0 Å². The first-order valence-corrected chi connectivity index (χ1v) is 7.03. The van der Waals surface area contributed by atoms with E-state index in [1.165, 1.54) is 32.4 Å². The quantitative estimate of drug-likeness (QED) is 0.750. The first-order valence-electron chi connectivity index (χ1n) is 7.03. The molecular weight excluding hydrogens is 274 g/mol. The zero-order chi connectivity index (χ0) is 13.3. The maximum atomic E-state index is 5.69. The standard InChI is InChI=1S/C16H23NO2.ClH/c1-18-15-9-3-4-10-16(15)19-14-8-7-13-17-11-5-2-6-12-17;/h3-4,7-10H,2,5-6,11-14H2,1H3;1H. The fraction of sp³-hybridized carbons (Fsp3) is 0.500. The van der Waals surface area contributed by atoms with Crippen LogP contribution in [-0.2, 0) is 0 Å². The maximum absolute atomic E-state index is 5.69. The summed E-state index contributed by atoms with van der Waals surface area (Å²) in [6.07, 6.45) is 8.34. The van der Waals surface area contributed by atoms with Gasteiger partial charge in [0.2, 0.25) is 0 Å². The summed E-state index contributed by atoms with van der Waals surface area (Å²) >= 11 is 0. The van der Waals surface area contributed by atoms with Crippen molar-refractivity contribution >= 4 is 12.4 Å². The van der Waals surface area contributed by atoms with Gasteiger partial charge in [0.25, 0.3) is 0 Å². The molecule has 1 aliphatic rings. The van der Waals surface area contributed by atoms with Crippen LogP contribution in [0.15, 0.2) is 36.4 Å². The molecule has 0 bridgehead atoms. The van der Waals surface area contributed by atoms with Crippen LogP contribution in [0.2, 0.25) is 0 Å². The van der Waals surface area contributed by atoms with Crippen molar-refractivity contribution in [2.45, 2.75) is 19.3 Å². The first kappa shape index (κ1) is 16.9. The SMILES string of the molecule is COc1ccccc1OCC=CCN1CCCCC1.Cl. The van der Waals surface area contributed by atoms with Crippen LogP contribution in [0.25, 0.3) is 0 Å². The molecule has 1 aromatic carbocycles. The van der Waals surface area contributed by atoms with Crippen molar-refractivity contribution in [2.75, 3.05) is 33.4 Å². The number of halogens is 1. The van der Waals surface area contributed by atoms with Crippen LogP contribution >= 0.6 is 12.4 Å². The van der Waals surface area contributed by atoms with Crippen molar-refractivity contribution in [1.29, 1.82) is 0 Å². The molecule has 0 saturated carbocycles. The van der Waals surface area contributed by atoms with Crippen LogP contribution in [0.5, 0.6) is 11.5 Å². The Kier molecular flexibility index (Phi) is 8.16. The highest BCUT2D eigenvalue weighted by atomic mass is 35.5. The summed E-state index contributed by atoms with van der Waals surface area (Å²) in [7, 11) is 1.66. The molecule has 1 aliphatic heterocycles. The fourth-order valence-electron chi connectivity index (χ4n) is 2.31. The lowest BCUT2D eigenvalue weighted by Gasteiger charge is -2.24. The van der Waals surface area contributed by atoms with E-state index in [1.807, 2.05) is 24.3 Å². The van der Waals surface area contributed by atoms with Crippen molar-refractivity contribution in [3.8, 4) is 11.5 Å². The largest absolute Gasteiger partial charge is 0.493 e. The molecule has 1 heterocycles. The molecule has 0 spiro atoms. The van der Waals surface area contributed by atoms with Gasteiger partial charge in [-0.25, -0.2) is 0 Å². The summed E-state index contributed by atoms with van der Waals surface area (Å²) in [5, 5.41) is 0. The van der Waals surface area contributed by atoms with Crippen molar-refractivity contribution in [1.82, 2.24) is 4.90 Å². The minimum absolute atomic E-state index is 0. The number of benzene rings is 1. The van der Waals surface area contributed by atoms with Gasteiger partial charge in [0.15, 0.2) is 11.5 Å². The molecule has 20 heavy (non-hydrogen) atoms. The summed E-state index contributed by atoms with van der Waals surface area (Å²) < 4.78 is 10.9. The highest BCUT2D eigenvalue weighted by Crippen LogP contribution is 2.25. The highest BCUT2D eigenvalue weighted by Gasteiger charge is 2.07. The maximum Gasteiger partial charge on any atom is 0.161 e. The van der Waals surface area contributed by atoms with Crippen molar-refractivity contribution in [3.63, 3.8) is 0 Å². The molecule has 4 heteroatoms. The highest BCUT2D eigenvalue weighted by molar-refractivity contribution is 5.85. The van der Waals surface area contributed by atoms with Crippen LogP contribution < -0.4 is 9.47 Å². The molecule has 112 valence electrons. The second kappa shape index (κ2) is 9.67. The number of piperidine rings is 1. The number of hydrogen-bond acceptors (Lipinski definition) is 3. The summed E-state index contributed by atoms with van der Waals surface area (Å²) in [6.45, 7) is 4.10. The van der Waals surface area contributed by atoms with Gasteiger partial charge in [-0.15, -0.1) is 12.4 Å². The molecule has 0 radical (unpaired) electrons. The van der Waals surface area contributed by atoms with E-state index in [2.05, 4.69) is 17.1 Å². The molecule has 1 aromatic rings. The number of rotatable bonds is 6. The molecule has 0 aliphatic carbocycles. The molecule has 0 N–H and O–H groups in total. The molecule has 2 rings (SSSR count). The molecule has 1 saturated heterocycles. The molecule has 0 aromatic heterocycles. The van der Waals surface area contributed by atoms with Gasteiger partial charge in [0, 0.05) is 6.54 Å². The van der Waals surface area contributed by atoms with E-state index in [0.29, 0.717) is 6.61 Å². The third kappa shape index (κ3) is 5.43. The minimum Gasteiger partial charge on any atom is -0.493 e. The van der Waals surface area contributed by atoms with E-state index < -0.39 is 0 Å². The average molecular weight is 298 g/mol. The molecule has 0 amide bonds. The van der Waals surface area contributed by atoms with Gasteiger partial charge in [-0.1, -0.05) is 30.7 Å². The number of nitrogens with zero attached hydrogens (tertiary/aromatic N) is 1. The van der Waals surface area contributed by atoms with E-state index in [1.54, 1.807) is 7.11 Å². The second-order valence-electron chi connectivity index (χ2n) is 4.79. The predicted molar refractivity (Wildman–Crippen MR) is 85.2 cm³/mol. The van der Waals surface area contributed by atoms with E-state index in [0.717, 1.165) is 18.0 Å². The van der Waals surface area contributed by atoms with Gasteiger partial charge in [0.05, 0.1) is 7.11 Å². The lowest BCUT2D eigenvalue weighted by atomic mass is 10.1. The molecule has 3 nitrogen and oxygen atoms in total. The van der Waals surface area contributed by atoms with E-state index in [-0.39, 0.29) is 12.4 Å².